The van der Waals surface area contributed by atoms with Crippen molar-refractivity contribution in [3.63, 3.8) is 0 Å². The first-order valence-electron chi connectivity index (χ1n) is 28.1. The lowest BCUT2D eigenvalue weighted by atomic mass is 9.71. The molecule has 11 nitrogen and oxygen atoms in total. The Balaban J connectivity index is 1.61. The van der Waals surface area contributed by atoms with Crippen LogP contribution in [0.1, 0.15) is 213 Å². The quantitative estimate of drug-likeness (QED) is 0.0433. The van der Waals surface area contributed by atoms with E-state index in [0.717, 1.165) is 26.1 Å². The first-order chi connectivity index (χ1) is 32.4. The fraction of sp³-hybridized carbons (Fsp3) is 1.00. The monoisotopic (exact) mass is 945 g/mol. The third kappa shape index (κ3) is 29.0. The third-order valence-corrected chi connectivity index (χ3v) is 14.6. The summed E-state index contributed by atoms with van der Waals surface area (Å²) in [5.41, 5.74) is 0. The number of aliphatic hydroxyl groups is 4. The van der Waals surface area contributed by atoms with E-state index in [0.29, 0.717) is 52.5 Å². The minimum Gasteiger partial charge on any atom is -0.390 e. The van der Waals surface area contributed by atoms with Crippen LogP contribution in [0, 0.1) is 23.7 Å². The molecule has 0 aromatic heterocycles. The number of ether oxygens (including phenoxy) is 7. The topological polar surface area (TPSA) is 146 Å². The first kappa shape index (κ1) is 61.7. The molecule has 0 amide bonds. The normalized spacial score (nSPS) is 25.8. The van der Waals surface area contributed by atoms with E-state index >= 15 is 0 Å². The SMILES string of the molecule is CCCCCCCCCCCCCCCCOCCOCC1O[C@@H](COC[C@H]2C(O)C(O)[C@@H](COC)C[C@H]2COCCOCCCCCCCCCCCCCCCC)C(O)[C@@H](O)[C@H]1CC. The molecule has 66 heavy (non-hydrogen) atoms. The van der Waals surface area contributed by atoms with Gasteiger partial charge in [-0.05, 0) is 31.6 Å². The number of unbranched alkanes of at least 4 members (excludes halogenated alkanes) is 26. The Labute approximate surface area is 405 Å². The largest absolute Gasteiger partial charge is 0.390 e. The number of hydrogen-bond acceptors (Lipinski definition) is 11. The molecule has 1 aliphatic heterocycles. The van der Waals surface area contributed by atoms with Crippen LogP contribution in [0.15, 0.2) is 0 Å². The van der Waals surface area contributed by atoms with Gasteiger partial charge in [-0.25, -0.2) is 0 Å². The summed E-state index contributed by atoms with van der Waals surface area (Å²) in [6, 6.07) is 0. The minimum atomic E-state index is -1.11. The Kier molecular flexibility index (Phi) is 40.5. The fourth-order valence-electron chi connectivity index (χ4n) is 10.2. The second-order valence-electron chi connectivity index (χ2n) is 20.2. The molecule has 10 atom stereocenters. The van der Waals surface area contributed by atoms with Gasteiger partial charge >= 0.3 is 0 Å². The Morgan fingerprint density at radius 1 is 0.348 bits per heavy atom. The molecule has 0 aromatic carbocycles. The lowest BCUT2D eigenvalue weighted by Gasteiger charge is -2.44. The van der Waals surface area contributed by atoms with E-state index in [4.69, 9.17) is 33.2 Å². The van der Waals surface area contributed by atoms with Crippen molar-refractivity contribution in [1.82, 2.24) is 0 Å². The van der Waals surface area contributed by atoms with Crippen LogP contribution >= 0.6 is 0 Å². The number of hydrogen-bond donors (Lipinski definition) is 4. The number of methoxy groups -OCH3 is 1. The van der Waals surface area contributed by atoms with Crippen molar-refractivity contribution < 1.29 is 53.6 Å². The van der Waals surface area contributed by atoms with Crippen molar-refractivity contribution in [2.45, 2.75) is 250 Å². The van der Waals surface area contributed by atoms with E-state index in [-0.39, 0.29) is 43.5 Å². The molecule has 2 fully saturated rings. The maximum Gasteiger partial charge on any atom is 0.110 e. The van der Waals surface area contributed by atoms with Crippen molar-refractivity contribution in [3.8, 4) is 0 Å². The van der Waals surface area contributed by atoms with Gasteiger partial charge in [0, 0.05) is 44.7 Å². The lowest BCUT2D eigenvalue weighted by Crippen LogP contribution is -2.57. The van der Waals surface area contributed by atoms with Gasteiger partial charge in [0.2, 0.25) is 0 Å². The van der Waals surface area contributed by atoms with Gasteiger partial charge < -0.3 is 53.6 Å². The highest BCUT2D eigenvalue weighted by atomic mass is 16.6. The third-order valence-electron chi connectivity index (χ3n) is 14.6. The van der Waals surface area contributed by atoms with Gasteiger partial charge in [-0.3, -0.25) is 0 Å². The average molecular weight is 945 g/mol. The number of aliphatic hydroxyl groups excluding tert-OH is 4. The van der Waals surface area contributed by atoms with Gasteiger partial charge in [0.05, 0.1) is 77.3 Å². The van der Waals surface area contributed by atoms with Crippen LogP contribution < -0.4 is 0 Å². The van der Waals surface area contributed by atoms with Crippen LogP contribution in [0.5, 0.6) is 0 Å². The summed E-state index contributed by atoms with van der Waals surface area (Å²) in [6.07, 6.45) is 33.5. The highest BCUT2D eigenvalue weighted by Gasteiger charge is 2.45. The molecular weight excluding hydrogens is 837 g/mol. The van der Waals surface area contributed by atoms with E-state index in [9.17, 15) is 20.4 Å². The van der Waals surface area contributed by atoms with Crippen LogP contribution in [-0.4, -0.2) is 137 Å². The van der Waals surface area contributed by atoms with Crippen molar-refractivity contribution in [3.05, 3.63) is 0 Å². The van der Waals surface area contributed by atoms with Gasteiger partial charge in [0.1, 0.15) is 12.2 Å². The first-order valence-corrected chi connectivity index (χ1v) is 28.1. The highest BCUT2D eigenvalue weighted by molar-refractivity contribution is 4.94. The van der Waals surface area contributed by atoms with Crippen molar-refractivity contribution in [1.29, 1.82) is 0 Å². The van der Waals surface area contributed by atoms with Crippen LogP contribution in [-0.2, 0) is 33.2 Å². The molecular formula is C55H108O11. The second-order valence-corrected chi connectivity index (χ2v) is 20.2. The molecule has 2 aliphatic rings. The second kappa shape index (κ2) is 43.4. The molecule has 394 valence electrons. The molecule has 0 radical (unpaired) electrons. The van der Waals surface area contributed by atoms with Crippen LogP contribution in [0.4, 0.5) is 0 Å². The molecule has 2 rings (SSSR count). The summed E-state index contributed by atoms with van der Waals surface area (Å²) in [7, 11) is 1.61. The number of rotatable bonds is 47. The summed E-state index contributed by atoms with van der Waals surface area (Å²) in [5.74, 6) is -0.946. The fourth-order valence-corrected chi connectivity index (χ4v) is 10.2. The molecule has 4 unspecified atom stereocenters. The standard InChI is InChI=1S/C55H108O11/c1-5-8-10-12-14-16-18-20-22-24-26-28-30-32-34-61-36-38-63-42-46-40-47(41-60-4)52(56)54(58)49(46)43-65-45-51-55(59)53(57)48(7-3)50(66-51)44-64-39-37-62-35-33-31-29-27-25-23-21-19-17-15-13-11-9-6-2/h46-59H,5-45H2,1-4H3/t46-,47+,48-,49+,50?,51-,52?,53-,54?,55?/m0/s1. The van der Waals surface area contributed by atoms with Crippen molar-refractivity contribution >= 4 is 0 Å². The van der Waals surface area contributed by atoms with E-state index in [1.54, 1.807) is 7.11 Å². The Morgan fingerprint density at radius 2 is 0.742 bits per heavy atom. The van der Waals surface area contributed by atoms with Gasteiger partial charge in [0.15, 0.2) is 0 Å². The predicted molar refractivity (Wildman–Crippen MR) is 268 cm³/mol. The van der Waals surface area contributed by atoms with Crippen LogP contribution in [0.3, 0.4) is 0 Å². The summed E-state index contributed by atoms with van der Waals surface area (Å²) in [6.45, 7) is 11.2. The Morgan fingerprint density at radius 3 is 1.18 bits per heavy atom. The maximum atomic E-state index is 11.3. The molecule has 0 spiro atoms. The van der Waals surface area contributed by atoms with Gasteiger partial charge in [-0.1, -0.05) is 188 Å². The van der Waals surface area contributed by atoms with Crippen LogP contribution in [0.2, 0.25) is 0 Å². The molecule has 1 saturated carbocycles. The summed E-state index contributed by atoms with van der Waals surface area (Å²) in [4.78, 5) is 0. The van der Waals surface area contributed by atoms with Crippen LogP contribution in [0.25, 0.3) is 0 Å². The van der Waals surface area contributed by atoms with Crippen molar-refractivity contribution in [2.75, 3.05) is 79.8 Å². The molecule has 1 saturated heterocycles. The zero-order valence-corrected chi connectivity index (χ0v) is 43.4. The van der Waals surface area contributed by atoms with E-state index in [2.05, 4.69) is 13.8 Å². The van der Waals surface area contributed by atoms with Gasteiger partial charge in [-0.2, -0.15) is 0 Å². The summed E-state index contributed by atoms with van der Waals surface area (Å²) < 4.78 is 41.6. The summed E-state index contributed by atoms with van der Waals surface area (Å²) >= 11 is 0. The molecule has 11 heteroatoms. The predicted octanol–water partition coefficient (Wildman–Crippen LogP) is 11.2. The smallest absolute Gasteiger partial charge is 0.110 e. The molecule has 0 aromatic rings. The van der Waals surface area contributed by atoms with Gasteiger partial charge in [-0.15, -0.1) is 0 Å². The lowest BCUT2D eigenvalue weighted by molar-refractivity contribution is -0.228. The highest BCUT2D eigenvalue weighted by Crippen LogP contribution is 2.36. The zero-order valence-electron chi connectivity index (χ0n) is 43.4. The van der Waals surface area contributed by atoms with Crippen molar-refractivity contribution in [2.24, 2.45) is 23.7 Å². The minimum absolute atomic E-state index is 0.0367. The molecule has 0 bridgehead atoms. The van der Waals surface area contributed by atoms with E-state index in [1.807, 2.05) is 6.92 Å². The van der Waals surface area contributed by atoms with E-state index in [1.165, 1.54) is 167 Å². The molecule has 1 aliphatic carbocycles. The summed E-state index contributed by atoms with van der Waals surface area (Å²) in [5, 5.41) is 44.4. The zero-order chi connectivity index (χ0) is 47.7. The maximum absolute atomic E-state index is 11.3. The van der Waals surface area contributed by atoms with E-state index < -0.39 is 36.6 Å². The Hall–Kier alpha value is -0.440. The molecule has 4 N–H and O–H groups in total. The Bertz CT molecular complexity index is 1020. The van der Waals surface area contributed by atoms with Gasteiger partial charge in [0.25, 0.3) is 0 Å². The average Bonchev–Trinajstić information content (AvgIpc) is 3.32. The molecule has 1 heterocycles.